The minimum absolute atomic E-state index is 0.0497. The van der Waals surface area contributed by atoms with Crippen molar-refractivity contribution in [3.8, 4) is 5.75 Å². The van der Waals surface area contributed by atoms with Gasteiger partial charge in [-0.25, -0.2) is 0 Å². The van der Waals surface area contributed by atoms with Gasteiger partial charge in [-0.1, -0.05) is 0 Å². The SMILES string of the molecule is Cc1cc(N)cc(C)c1OCC(=O)N1CCN(C)CC1. The molecule has 0 unspecified atom stereocenters. The number of piperazine rings is 1. The highest BCUT2D eigenvalue weighted by Gasteiger charge is 2.19. The summed E-state index contributed by atoms with van der Waals surface area (Å²) >= 11 is 0. The molecule has 1 heterocycles. The van der Waals surface area contributed by atoms with Gasteiger partial charge in [0.15, 0.2) is 6.61 Å². The summed E-state index contributed by atoms with van der Waals surface area (Å²) in [6.45, 7) is 7.38. The molecule has 1 amide bonds. The highest BCUT2D eigenvalue weighted by Crippen LogP contribution is 2.25. The molecule has 1 saturated heterocycles. The molecule has 0 aliphatic carbocycles. The third-order valence-corrected chi connectivity index (χ3v) is 3.68. The van der Waals surface area contributed by atoms with Gasteiger partial charge >= 0.3 is 0 Å². The summed E-state index contributed by atoms with van der Waals surface area (Å²) in [7, 11) is 2.07. The molecule has 1 aromatic rings. The van der Waals surface area contributed by atoms with E-state index in [4.69, 9.17) is 10.5 Å². The zero-order valence-electron chi connectivity index (χ0n) is 12.5. The van der Waals surface area contributed by atoms with Gasteiger partial charge in [0.1, 0.15) is 5.75 Å². The van der Waals surface area contributed by atoms with Crippen molar-refractivity contribution in [1.29, 1.82) is 0 Å². The van der Waals surface area contributed by atoms with Crippen LogP contribution in [-0.4, -0.2) is 55.5 Å². The maximum atomic E-state index is 12.1. The van der Waals surface area contributed by atoms with Gasteiger partial charge in [-0.3, -0.25) is 4.79 Å². The quantitative estimate of drug-likeness (QED) is 0.839. The molecule has 0 spiro atoms. The largest absolute Gasteiger partial charge is 0.483 e. The van der Waals surface area contributed by atoms with Crippen molar-refractivity contribution in [3.63, 3.8) is 0 Å². The van der Waals surface area contributed by atoms with E-state index in [2.05, 4.69) is 11.9 Å². The molecule has 1 aliphatic heterocycles. The van der Waals surface area contributed by atoms with Crippen molar-refractivity contribution in [2.75, 3.05) is 45.6 Å². The Morgan fingerprint density at radius 1 is 1.20 bits per heavy atom. The van der Waals surface area contributed by atoms with Crippen LogP contribution in [0.5, 0.6) is 5.75 Å². The van der Waals surface area contributed by atoms with E-state index in [1.54, 1.807) is 0 Å². The van der Waals surface area contributed by atoms with E-state index in [1.807, 2.05) is 30.9 Å². The summed E-state index contributed by atoms with van der Waals surface area (Å²) in [5.74, 6) is 0.815. The Bertz CT molecular complexity index is 471. The highest BCUT2D eigenvalue weighted by atomic mass is 16.5. The summed E-state index contributed by atoms with van der Waals surface area (Å²) in [5.41, 5.74) is 8.43. The molecule has 0 radical (unpaired) electrons. The van der Waals surface area contributed by atoms with Crippen LogP contribution >= 0.6 is 0 Å². The Kier molecular flexibility index (Phi) is 4.49. The van der Waals surface area contributed by atoms with Gasteiger partial charge in [0, 0.05) is 31.9 Å². The van der Waals surface area contributed by atoms with E-state index < -0.39 is 0 Å². The molecular formula is C15H23N3O2. The number of aryl methyl sites for hydroxylation is 2. The molecular weight excluding hydrogens is 254 g/mol. The van der Waals surface area contributed by atoms with Crippen molar-refractivity contribution in [2.45, 2.75) is 13.8 Å². The van der Waals surface area contributed by atoms with Crippen molar-refractivity contribution >= 4 is 11.6 Å². The zero-order chi connectivity index (χ0) is 14.7. The first-order chi connectivity index (χ1) is 9.47. The summed E-state index contributed by atoms with van der Waals surface area (Å²) in [6, 6.07) is 3.73. The number of ether oxygens (including phenoxy) is 1. The summed E-state index contributed by atoms with van der Waals surface area (Å²) in [6.07, 6.45) is 0. The van der Waals surface area contributed by atoms with Gasteiger partial charge in [-0.05, 0) is 44.2 Å². The molecule has 1 fully saturated rings. The Labute approximate surface area is 120 Å². The van der Waals surface area contributed by atoms with Gasteiger partial charge in [-0.15, -0.1) is 0 Å². The number of nitrogens with two attached hydrogens (primary N) is 1. The first-order valence-corrected chi connectivity index (χ1v) is 6.93. The van der Waals surface area contributed by atoms with Crippen molar-refractivity contribution in [2.24, 2.45) is 0 Å². The van der Waals surface area contributed by atoms with Gasteiger partial charge in [0.25, 0.3) is 5.91 Å². The predicted octanol–water partition coefficient (Wildman–Crippen LogP) is 1.04. The van der Waals surface area contributed by atoms with Gasteiger partial charge < -0.3 is 20.3 Å². The number of hydrogen-bond donors (Lipinski definition) is 1. The lowest BCUT2D eigenvalue weighted by molar-refractivity contribution is -0.134. The third kappa shape index (κ3) is 3.42. The number of carbonyl (C=O) groups excluding carboxylic acids is 1. The lowest BCUT2D eigenvalue weighted by Crippen LogP contribution is -2.48. The molecule has 0 saturated carbocycles. The molecule has 5 nitrogen and oxygen atoms in total. The summed E-state index contributed by atoms with van der Waals surface area (Å²) in [5, 5.41) is 0. The van der Waals surface area contributed by atoms with Crippen molar-refractivity contribution in [3.05, 3.63) is 23.3 Å². The molecule has 20 heavy (non-hydrogen) atoms. The van der Waals surface area contributed by atoms with E-state index in [9.17, 15) is 4.79 Å². The Balaban J connectivity index is 1.94. The Hall–Kier alpha value is -1.75. The van der Waals surface area contributed by atoms with Crippen molar-refractivity contribution < 1.29 is 9.53 Å². The number of likely N-dealkylation sites (N-methyl/N-ethyl adjacent to an activating group) is 1. The molecule has 0 atom stereocenters. The minimum Gasteiger partial charge on any atom is -0.483 e. The van der Waals surface area contributed by atoms with E-state index in [0.717, 1.165) is 48.7 Å². The molecule has 5 heteroatoms. The standard InChI is InChI=1S/C15H23N3O2/c1-11-8-13(16)9-12(2)15(11)20-10-14(19)18-6-4-17(3)5-7-18/h8-9H,4-7,10,16H2,1-3H3. The average Bonchev–Trinajstić information content (AvgIpc) is 2.38. The second kappa shape index (κ2) is 6.13. The van der Waals surface area contributed by atoms with Crippen LogP contribution in [0.25, 0.3) is 0 Å². The molecule has 1 aliphatic rings. The fraction of sp³-hybridized carbons (Fsp3) is 0.533. The van der Waals surface area contributed by atoms with Crippen LogP contribution in [0.4, 0.5) is 5.69 Å². The van der Waals surface area contributed by atoms with Gasteiger partial charge in [0.2, 0.25) is 0 Å². The fourth-order valence-electron chi connectivity index (χ4n) is 2.49. The predicted molar refractivity (Wildman–Crippen MR) is 79.9 cm³/mol. The third-order valence-electron chi connectivity index (χ3n) is 3.68. The van der Waals surface area contributed by atoms with E-state index in [1.165, 1.54) is 0 Å². The number of anilines is 1. The number of benzene rings is 1. The Morgan fingerprint density at radius 2 is 1.75 bits per heavy atom. The molecule has 0 aromatic heterocycles. The fourth-order valence-corrected chi connectivity index (χ4v) is 2.49. The second-order valence-corrected chi connectivity index (χ2v) is 5.46. The average molecular weight is 277 g/mol. The number of nitrogens with zero attached hydrogens (tertiary/aromatic N) is 2. The number of hydrogen-bond acceptors (Lipinski definition) is 4. The van der Waals surface area contributed by atoms with Crippen LogP contribution in [0.15, 0.2) is 12.1 Å². The van der Waals surface area contributed by atoms with Crippen LogP contribution in [0.1, 0.15) is 11.1 Å². The summed E-state index contributed by atoms with van der Waals surface area (Å²) in [4.78, 5) is 16.2. The number of nitrogen functional groups attached to an aromatic ring is 1. The van der Waals surface area contributed by atoms with Crippen LogP contribution in [0.3, 0.4) is 0 Å². The maximum Gasteiger partial charge on any atom is 0.260 e. The number of amides is 1. The van der Waals surface area contributed by atoms with E-state index >= 15 is 0 Å². The zero-order valence-corrected chi connectivity index (χ0v) is 12.5. The second-order valence-electron chi connectivity index (χ2n) is 5.46. The van der Waals surface area contributed by atoms with Crippen LogP contribution in [-0.2, 0) is 4.79 Å². The van der Waals surface area contributed by atoms with E-state index in [0.29, 0.717) is 0 Å². The molecule has 110 valence electrons. The normalized spacial score (nSPS) is 16.2. The highest BCUT2D eigenvalue weighted by molar-refractivity contribution is 5.78. The van der Waals surface area contributed by atoms with Crippen LogP contribution in [0.2, 0.25) is 0 Å². The molecule has 1 aromatic carbocycles. The van der Waals surface area contributed by atoms with Gasteiger partial charge in [-0.2, -0.15) is 0 Å². The Morgan fingerprint density at radius 3 is 2.30 bits per heavy atom. The molecule has 2 N–H and O–H groups in total. The van der Waals surface area contributed by atoms with Gasteiger partial charge in [0.05, 0.1) is 0 Å². The topological polar surface area (TPSA) is 58.8 Å². The maximum absolute atomic E-state index is 12.1. The first kappa shape index (κ1) is 14.7. The first-order valence-electron chi connectivity index (χ1n) is 6.93. The molecule has 2 rings (SSSR count). The van der Waals surface area contributed by atoms with Crippen molar-refractivity contribution in [1.82, 2.24) is 9.80 Å². The van der Waals surface area contributed by atoms with Crippen LogP contribution < -0.4 is 10.5 Å². The number of carbonyl (C=O) groups is 1. The molecule has 0 bridgehead atoms. The number of rotatable bonds is 3. The van der Waals surface area contributed by atoms with Crippen LogP contribution in [0, 0.1) is 13.8 Å². The van der Waals surface area contributed by atoms with E-state index in [-0.39, 0.29) is 12.5 Å². The lowest BCUT2D eigenvalue weighted by Gasteiger charge is -2.32. The smallest absolute Gasteiger partial charge is 0.260 e. The monoisotopic (exact) mass is 277 g/mol. The summed E-state index contributed by atoms with van der Waals surface area (Å²) < 4.78 is 5.70. The lowest BCUT2D eigenvalue weighted by atomic mass is 10.1. The minimum atomic E-state index is 0.0497.